The highest BCUT2D eigenvalue weighted by Gasteiger charge is 2.18. The Balaban J connectivity index is 2.12. The van der Waals surface area contributed by atoms with Crippen LogP contribution in [0.15, 0.2) is 0 Å². The van der Waals surface area contributed by atoms with Gasteiger partial charge in [0.05, 0.1) is 6.10 Å². The average molecular weight is 157 g/mol. The van der Waals surface area contributed by atoms with E-state index >= 15 is 0 Å². The van der Waals surface area contributed by atoms with E-state index in [0.29, 0.717) is 12.1 Å². The van der Waals surface area contributed by atoms with Crippen LogP contribution in [-0.4, -0.2) is 18.8 Å². The van der Waals surface area contributed by atoms with Crippen molar-refractivity contribution in [2.24, 2.45) is 5.73 Å². The predicted molar refractivity (Wildman–Crippen MR) is 46.5 cm³/mol. The molecule has 0 bridgehead atoms. The van der Waals surface area contributed by atoms with Crippen molar-refractivity contribution in [3.63, 3.8) is 0 Å². The number of rotatable bonds is 3. The summed E-state index contributed by atoms with van der Waals surface area (Å²) in [5, 5.41) is 0. The molecule has 1 saturated carbocycles. The fraction of sp³-hybridized carbons (Fsp3) is 1.00. The van der Waals surface area contributed by atoms with Crippen LogP contribution in [0.25, 0.3) is 0 Å². The molecule has 11 heavy (non-hydrogen) atoms. The zero-order valence-corrected chi connectivity index (χ0v) is 7.38. The monoisotopic (exact) mass is 157 g/mol. The summed E-state index contributed by atoms with van der Waals surface area (Å²) in [5.74, 6) is 0. The van der Waals surface area contributed by atoms with E-state index in [2.05, 4.69) is 6.92 Å². The van der Waals surface area contributed by atoms with Gasteiger partial charge in [0, 0.05) is 12.6 Å². The van der Waals surface area contributed by atoms with Crippen LogP contribution in [0.1, 0.15) is 39.0 Å². The second kappa shape index (κ2) is 4.73. The first-order chi connectivity index (χ1) is 5.33. The van der Waals surface area contributed by atoms with Crippen molar-refractivity contribution in [2.75, 3.05) is 6.61 Å². The predicted octanol–water partition coefficient (Wildman–Crippen LogP) is 1.68. The van der Waals surface area contributed by atoms with E-state index < -0.39 is 0 Å². The molecule has 0 spiro atoms. The normalized spacial score (nSPS) is 32.2. The molecule has 1 aliphatic rings. The van der Waals surface area contributed by atoms with Crippen molar-refractivity contribution in [3.8, 4) is 0 Å². The molecule has 2 atom stereocenters. The maximum Gasteiger partial charge on any atom is 0.0589 e. The molecule has 1 aliphatic carbocycles. The summed E-state index contributed by atoms with van der Waals surface area (Å²) in [4.78, 5) is 0. The van der Waals surface area contributed by atoms with Crippen molar-refractivity contribution in [1.82, 2.24) is 0 Å². The Morgan fingerprint density at radius 1 is 1.45 bits per heavy atom. The Labute approximate surface area is 69.1 Å². The molecule has 2 heteroatoms. The van der Waals surface area contributed by atoms with Gasteiger partial charge in [0.1, 0.15) is 0 Å². The zero-order chi connectivity index (χ0) is 8.10. The van der Waals surface area contributed by atoms with Crippen LogP contribution in [0.2, 0.25) is 0 Å². The van der Waals surface area contributed by atoms with Crippen LogP contribution in [0.5, 0.6) is 0 Å². The summed E-state index contributed by atoms with van der Waals surface area (Å²) in [6.07, 6.45) is 6.29. The lowest BCUT2D eigenvalue weighted by atomic mass is 9.94. The molecule has 0 aromatic carbocycles. The quantitative estimate of drug-likeness (QED) is 0.676. The summed E-state index contributed by atoms with van der Waals surface area (Å²) in [7, 11) is 0. The van der Waals surface area contributed by atoms with Gasteiger partial charge in [0.15, 0.2) is 0 Å². The minimum atomic E-state index is 0.394. The fourth-order valence-electron chi connectivity index (χ4n) is 1.62. The summed E-state index contributed by atoms with van der Waals surface area (Å²) in [5.41, 5.74) is 5.82. The molecule has 0 aliphatic heterocycles. The average Bonchev–Trinajstić information content (AvgIpc) is 2.01. The highest BCUT2D eigenvalue weighted by atomic mass is 16.5. The highest BCUT2D eigenvalue weighted by Crippen LogP contribution is 2.19. The first kappa shape index (κ1) is 9.01. The Bertz CT molecular complexity index is 106. The molecule has 1 rings (SSSR count). The van der Waals surface area contributed by atoms with Crippen LogP contribution < -0.4 is 5.73 Å². The summed E-state index contributed by atoms with van der Waals surface area (Å²) >= 11 is 0. The first-order valence-electron chi connectivity index (χ1n) is 4.70. The van der Waals surface area contributed by atoms with Crippen molar-refractivity contribution in [1.29, 1.82) is 0 Å². The number of hydrogen-bond donors (Lipinski definition) is 1. The van der Waals surface area contributed by atoms with Crippen molar-refractivity contribution in [3.05, 3.63) is 0 Å². The van der Waals surface area contributed by atoms with Crippen molar-refractivity contribution in [2.45, 2.75) is 51.2 Å². The van der Waals surface area contributed by atoms with Gasteiger partial charge in [-0.05, 0) is 32.1 Å². The molecule has 0 radical (unpaired) electrons. The number of nitrogens with two attached hydrogens (primary N) is 1. The van der Waals surface area contributed by atoms with Gasteiger partial charge in [-0.15, -0.1) is 0 Å². The Hall–Kier alpha value is -0.0800. The van der Waals surface area contributed by atoms with Crippen molar-refractivity contribution >= 4 is 0 Å². The third kappa shape index (κ3) is 3.21. The third-order valence-electron chi connectivity index (χ3n) is 2.22. The molecule has 0 amide bonds. The minimum absolute atomic E-state index is 0.394. The van der Waals surface area contributed by atoms with Crippen LogP contribution in [0.3, 0.4) is 0 Å². The van der Waals surface area contributed by atoms with Gasteiger partial charge in [-0.3, -0.25) is 0 Å². The van der Waals surface area contributed by atoms with Gasteiger partial charge in [0.25, 0.3) is 0 Å². The van der Waals surface area contributed by atoms with Crippen LogP contribution in [0.4, 0.5) is 0 Å². The Kier molecular flexibility index (Phi) is 3.87. The lowest BCUT2D eigenvalue weighted by molar-refractivity contribution is 0.0240. The van der Waals surface area contributed by atoms with E-state index in [9.17, 15) is 0 Å². The van der Waals surface area contributed by atoms with Gasteiger partial charge in [-0.2, -0.15) is 0 Å². The molecular formula is C9H19NO. The van der Waals surface area contributed by atoms with Gasteiger partial charge >= 0.3 is 0 Å². The van der Waals surface area contributed by atoms with E-state index in [0.717, 1.165) is 19.4 Å². The second-order valence-corrected chi connectivity index (χ2v) is 3.42. The second-order valence-electron chi connectivity index (χ2n) is 3.42. The van der Waals surface area contributed by atoms with E-state index in [1.165, 1.54) is 19.3 Å². The summed E-state index contributed by atoms with van der Waals surface area (Å²) in [6.45, 7) is 3.04. The maximum absolute atomic E-state index is 5.82. The van der Waals surface area contributed by atoms with Gasteiger partial charge in [-0.25, -0.2) is 0 Å². The molecule has 0 aromatic heterocycles. The van der Waals surface area contributed by atoms with E-state index in [1.807, 2.05) is 0 Å². The molecule has 2 N–H and O–H groups in total. The zero-order valence-electron chi connectivity index (χ0n) is 7.38. The number of hydrogen-bond acceptors (Lipinski definition) is 2. The Morgan fingerprint density at radius 2 is 2.27 bits per heavy atom. The van der Waals surface area contributed by atoms with E-state index in [-0.39, 0.29) is 0 Å². The lowest BCUT2D eigenvalue weighted by Gasteiger charge is -2.26. The first-order valence-corrected chi connectivity index (χ1v) is 4.70. The third-order valence-corrected chi connectivity index (χ3v) is 2.22. The van der Waals surface area contributed by atoms with Crippen LogP contribution >= 0.6 is 0 Å². The molecular weight excluding hydrogens is 138 g/mol. The maximum atomic E-state index is 5.82. The summed E-state index contributed by atoms with van der Waals surface area (Å²) in [6, 6.07) is 0.394. The minimum Gasteiger partial charge on any atom is -0.378 e. The largest absolute Gasteiger partial charge is 0.378 e. The SMILES string of the molecule is CCCO[C@@H]1CCC[C@H](N)C1. The van der Waals surface area contributed by atoms with E-state index in [4.69, 9.17) is 10.5 Å². The Morgan fingerprint density at radius 3 is 2.91 bits per heavy atom. The van der Waals surface area contributed by atoms with E-state index in [1.54, 1.807) is 0 Å². The van der Waals surface area contributed by atoms with Gasteiger partial charge < -0.3 is 10.5 Å². The lowest BCUT2D eigenvalue weighted by Crippen LogP contribution is -2.32. The van der Waals surface area contributed by atoms with Crippen molar-refractivity contribution < 1.29 is 4.74 Å². The van der Waals surface area contributed by atoms with Gasteiger partial charge in [-0.1, -0.05) is 6.92 Å². The van der Waals surface area contributed by atoms with Crippen LogP contribution in [0, 0.1) is 0 Å². The molecule has 66 valence electrons. The smallest absolute Gasteiger partial charge is 0.0589 e. The fourth-order valence-corrected chi connectivity index (χ4v) is 1.62. The number of ether oxygens (including phenoxy) is 1. The standard InChI is InChI=1S/C9H19NO/c1-2-6-11-9-5-3-4-8(10)7-9/h8-9H,2-7,10H2,1H3/t8-,9+/m0/s1. The summed E-state index contributed by atoms with van der Waals surface area (Å²) < 4.78 is 5.62. The molecule has 0 unspecified atom stereocenters. The molecule has 0 heterocycles. The molecule has 1 fully saturated rings. The topological polar surface area (TPSA) is 35.2 Å². The van der Waals surface area contributed by atoms with Crippen LogP contribution in [-0.2, 0) is 4.74 Å². The molecule has 0 saturated heterocycles. The highest BCUT2D eigenvalue weighted by molar-refractivity contribution is 4.75. The molecule has 2 nitrogen and oxygen atoms in total. The molecule has 0 aromatic rings. The van der Waals surface area contributed by atoms with Gasteiger partial charge in [0.2, 0.25) is 0 Å².